The number of benzene rings is 2. The lowest BCUT2D eigenvalue weighted by Gasteiger charge is -2.22. The standard InChI is InChI=1S/C26H26ClN7O5S/c1-14(23-28-12-16(27)13-29-23)15(2)40(36,37)33-26-32-31-24(21-17-8-5-6-9-18(17)25(35)30-21)34(26)22-19(38-3)10-7-11-20(22)39-4/h5-15,21H,1-4H3,(H,30,35)(H,32,33)/t14-,15-,21+/m0/s1. The monoisotopic (exact) mass is 583 g/mol. The maximum atomic E-state index is 13.6. The molecular formula is C26H26ClN7O5S. The second-order valence-electron chi connectivity index (χ2n) is 9.12. The first-order chi connectivity index (χ1) is 19.2. The molecule has 5 rings (SSSR count). The largest absolute Gasteiger partial charge is 0.494 e. The lowest BCUT2D eigenvalue weighted by molar-refractivity contribution is 0.0959. The van der Waals surface area contributed by atoms with Crippen molar-refractivity contribution >= 4 is 33.5 Å². The van der Waals surface area contributed by atoms with Gasteiger partial charge in [0.2, 0.25) is 16.0 Å². The maximum absolute atomic E-state index is 13.6. The van der Waals surface area contributed by atoms with Crippen molar-refractivity contribution in [3.05, 3.63) is 82.7 Å². The Hall–Kier alpha value is -4.23. The summed E-state index contributed by atoms with van der Waals surface area (Å²) in [7, 11) is -1.12. The van der Waals surface area contributed by atoms with Crippen LogP contribution in [-0.2, 0) is 10.0 Å². The molecule has 1 aliphatic heterocycles. The summed E-state index contributed by atoms with van der Waals surface area (Å²) in [6, 6.07) is 11.5. The predicted molar refractivity (Wildman–Crippen MR) is 148 cm³/mol. The van der Waals surface area contributed by atoms with Crippen LogP contribution in [0.2, 0.25) is 5.02 Å². The molecule has 0 unspecified atom stereocenters. The fourth-order valence-corrected chi connectivity index (χ4v) is 5.85. The quantitative estimate of drug-likeness (QED) is 0.302. The molecule has 2 aromatic carbocycles. The molecule has 3 heterocycles. The predicted octanol–water partition coefficient (Wildman–Crippen LogP) is 3.49. The van der Waals surface area contributed by atoms with Crippen molar-refractivity contribution in [2.75, 3.05) is 18.9 Å². The van der Waals surface area contributed by atoms with Crippen molar-refractivity contribution in [1.82, 2.24) is 30.0 Å². The van der Waals surface area contributed by atoms with Gasteiger partial charge >= 0.3 is 0 Å². The molecule has 0 saturated heterocycles. The number of para-hydroxylation sites is 1. The first kappa shape index (κ1) is 27.3. The first-order valence-corrected chi connectivity index (χ1v) is 14.1. The third-order valence-electron chi connectivity index (χ3n) is 6.84. The highest BCUT2D eigenvalue weighted by atomic mass is 35.5. The average molecular weight is 584 g/mol. The number of hydrogen-bond acceptors (Lipinski definition) is 9. The molecule has 4 aromatic rings. The molecule has 14 heteroatoms. The Balaban J connectivity index is 1.63. The molecule has 0 saturated carbocycles. The number of fused-ring (bicyclic) bond motifs is 1. The summed E-state index contributed by atoms with van der Waals surface area (Å²) in [5.41, 5.74) is 1.51. The van der Waals surface area contributed by atoms with Crippen molar-refractivity contribution in [2.24, 2.45) is 0 Å². The van der Waals surface area contributed by atoms with Crippen LogP contribution in [0, 0.1) is 0 Å². The second kappa shape index (κ2) is 10.7. The van der Waals surface area contributed by atoms with Gasteiger partial charge in [0.25, 0.3) is 5.91 Å². The van der Waals surface area contributed by atoms with Crippen LogP contribution in [0.1, 0.15) is 53.4 Å². The zero-order valence-corrected chi connectivity index (χ0v) is 23.6. The summed E-state index contributed by atoms with van der Waals surface area (Å²) >= 11 is 5.89. The van der Waals surface area contributed by atoms with Crippen LogP contribution in [-0.4, -0.2) is 58.5 Å². The van der Waals surface area contributed by atoms with Gasteiger partial charge in [-0.3, -0.25) is 14.1 Å². The molecule has 2 aromatic heterocycles. The van der Waals surface area contributed by atoms with E-state index in [1.807, 2.05) is 6.07 Å². The Labute approximate surface area is 235 Å². The highest BCUT2D eigenvalue weighted by Gasteiger charge is 2.37. The molecule has 0 bridgehead atoms. The number of hydrogen-bond donors (Lipinski definition) is 2. The summed E-state index contributed by atoms with van der Waals surface area (Å²) in [6.45, 7) is 3.25. The number of nitrogens with zero attached hydrogens (tertiary/aromatic N) is 5. The maximum Gasteiger partial charge on any atom is 0.252 e. The van der Waals surface area contributed by atoms with Gasteiger partial charge in [-0.2, -0.15) is 0 Å². The van der Waals surface area contributed by atoms with E-state index >= 15 is 0 Å². The minimum atomic E-state index is -4.08. The first-order valence-electron chi connectivity index (χ1n) is 12.2. The number of rotatable bonds is 9. The fourth-order valence-electron chi connectivity index (χ4n) is 4.52. The van der Waals surface area contributed by atoms with Gasteiger partial charge < -0.3 is 14.8 Å². The number of halogens is 1. The minimum absolute atomic E-state index is 0.118. The Kier molecular flexibility index (Phi) is 7.34. The summed E-state index contributed by atoms with van der Waals surface area (Å²) in [5.74, 6) is 0.320. The van der Waals surface area contributed by atoms with Gasteiger partial charge in [0.15, 0.2) is 5.82 Å². The van der Waals surface area contributed by atoms with Gasteiger partial charge in [0.05, 0.1) is 24.5 Å². The summed E-state index contributed by atoms with van der Waals surface area (Å²) in [5, 5.41) is 10.8. The molecule has 2 N–H and O–H groups in total. The number of carbonyl (C=O) groups is 1. The topological polar surface area (TPSA) is 150 Å². The molecule has 0 spiro atoms. The molecule has 12 nitrogen and oxygen atoms in total. The average Bonchev–Trinajstić information content (AvgIpc) is 3.51. The molecule has 3 atom stereocenters. The molecule has 0 aliphatic carbocycles. The zero-order chi connectivity index (χ0) is 28.6. The van der Waals surface area contributed by atoms with Crippen LogP contribution < -0.4 is 19.5 Å². The van der Waals surface area contributed by atoms with Gasteiger partial charge in [0.1, 0.15) is 29.1 Å². The van der Waals surface area contributed by atoms with E-state index in [0.29, 0.717) is 39.2 Å². The van der Waals surface area contributed by atoms with Crippen LogP contribution in [0.5, 0.6) is 11.5 Å². The third-order valence-corrected chi connectivity index (χ3v) is 8.89. The van der Waals surface area contributed by atoms with Crippen molar-refractivity contribution in [3.8, 4) is 17.2 Å². The summed E-state index contributed by atoms with van der Waals surface area (Å²) < 4.78 is 42.6. The molecule has 0 radical (unpaired) electrons. The number of amides is 1. The van der Waals surface area contributed by atoms with Crippen LogP contribution in [0.25, 0.3) is 5.69 Å². The SMILES string of the molecule is COc1cccc(OC)c1-n1c(NS(=O)(=O)[C@@H](C)[C@H](C)c2ncc(Cl)cn2)nnc1[C@@H]1NC(=O)c2ccccc21. The highest BCUT2D eigenvalue weighted by molar-refractivity contribution is 7.93. The Morgan fingerprint density at radius 1 is 1.00 bits per heavy atom. The van der Waals surface area contributed by atoms with Crippen molar-refractivity contribution < 1.29 is 22.7 Å². The third kappa shape index (κ3) is 4.82. The van der Waals surface area contributed by atoms with Gasteiger partial charge in [-0.05, 0) is 30.7 Å². The van der Waals surface area contributed by atoms with E-state index in [4.69, 9.17) is 21.1 Å². The molecule has 0 fully saturated rings. The number of sulfonamides is 1. The van der Waals surface area contributed by atoms with Crippen molar-refractivity contribution in [1.29, 1.82) is 0 Å². The Bertz CT molecular complexity index is 1650. The van der Waals surface area contributed by atoms with E-state index in [9.17, 15) is 13.2 Å². The van der Waals surface area contributed by atoms with Crippen LogP contribution in [0.15, 0.2) is 54.9 Å². The van der Waals surface area contributed by atoms with Crippen molar-refractivity contribution in [3.63, 3.8) is 0 Å². The Morgan fingerprint density at radius 3 is 2.30 bits per heavy atom. The molecule has 40 heavy (non-hydrogen) atoms. The molecule has 1 amide bonds. The van der Waals surface area contributed by atoms with Crippen LogP contribution >= 0.6 is 11.6 Å². The molecule has 1 aliphatic rings. The van der Waals surface area contributed by atoms with E-state index in [1.165, 1.54) is 31.2 Å². The minimum Gasteiger partial charge on any atom is -0.494 e. The number of nitrogens with one attached hydrogen (secondary N) is 2. The van der Waals surface area contributed by atoms with Crippen LogP contribution in [0.4, 0.5) is 5.95 Å². The molecule has 208 valence electrons. The van der Waals surface area contributed by atoms with Crippen LogP contribution in [0.3, 0.4) is 0 Å². The normalized spacial score (nSPS) is 16.1. The summed E-state index contributed by atoms with van der Waals surface area (Å²) in [6.07, 6.45) is 2.83. The van der Waals surface area contributed by atoms with Gasteiger partial charge in [0, 0.05) is 23.9 Å². The second-order valence-corrected chi connectivity index (χ2v) is 11.6. The van der Waals surface area contributed by atoms with E-state index in [0.717, 1.165) is 0 Å². The zero-order valence-electron chi connectivity index (χ0n) is 22.0. The van der Waals surface area contributed by atoms with Gasteiger partial charge in [-0.25, -0.2) is 18.4 Å². The number of anilines is 1. The van der Waals surface area contributed by atoms with E-state index < -0.39 is 27.2 Å². The number of ether oxygens (including phenoxy) is 2. The number of aromatic nitrogens is 5. The number of methoxy groups -OCH3 is 2. The van der Waals surface area contributed by atoms with Gasteiger partial charge in [-0.15, -0.1) is 10.2 Å². The lowest BCUT2D eigenvalue weighted by Crippen LogP contribution is -2.32. The smallest absolute Gasteiger partial charge is 0.252 e. The highest BCUT2D eigenvalue weighted by Crippen LogP contribution is 2.39. The van der Waals surface area contributed by atoms with Gasteiger partial charge in [-0.1, -0.05) is 42.8 Å². The fraction of sp³-hybridized carbons (Fsp3) is 0.269. The van der Waals surface area contributed by atoms with E-state index in [-0.39, 0.29) is 17.7 Å². The summed E-state index contributed by atoms with van der Waals surface area (Å²) in [4.78, 5) is 21.1. The van der Waals surface area contributed by atoms with E-state index in [2.05, 4.69) is 30.2 Å². The lowest BCUT2D eigenvalue weighted by atomic mass is 10.0. The Morgan fingerprint density at radius 2 is 1.65 bits per heavy atom. The molecular weight excluding hydrogens is 558 g/mol. The van der Waals surface area contributed by atoms with Crippen molar-refractivity contribution in [2.45, 2.75) is 31.1 Å². The van der Waals surface area contributed by atoms with E-state index in [1.54, 1.807) is 50.2 Å². The number of carbonyl (C=O) groups excluding carboxylic acids is 1.